The van der Waals surface area contributed by atoms with E-state index in [9.17, 15) is 4.79 Å². The van der Waals surface area contributed by atoms with E-state index >= 15 is 0 Å². The van der Waals surface area contributed by atoms with Crippen molar-refractivity contribution in [3.8, 4) is 0 Å². The van der Waals surface area contributed by atoms with Gasteiger partial charge in [0.2, 0.25) is 0 Å². The van der Waals surface area contributed by atoms with Crippen molar-refractivity contribution in [1.29, 1.82) is 0 Å². The maximum absolute atomic E-state index is 11.0. The first kappa shape index (κ1) is 11.1. The molecule has 0 saturated carbocycles. The highest BCUT2D eigenvalue weighted by Crippen LogP contribution is 2.21. The lowest BCUT2D eigenvalue weighted by Crippen LogP contribution is -2.05. The maximum atomic E-state index is 11.0. The van der Waals surface area contributed by atoms with E-state index < -0.39 is 5.97 Å². The third-order valence-electron chi connectivity index (χ3n) is 2.29. The molecule has 2 aromatic rings. The monoisotopic (exact) mass is 232 g/mol. The zero-order chi connectivity index (χ0) is 12.4. The van der Waals surface area contributed by atoms with E-state index in [-0.39, 0.29) is 5.69 Å². The average molecular weight is 232 g/mol. The highest BCUT2D eigenvalue weighted by atomic mass is 16.4. The van der Waals surface area contributed by atoms with Gasteiger partial charge in [0.25, 0.3) is 0 Å². The predicted molar refractivity (Wildman–Crippen MR) is 62.4 cm³/mol. The van der Waals surface area contributed by atoms with Crippen molar-refractivity contribution in [2.45, 2.75) is 6.92 Å². The fraction of sp³-hybridized carbons (Fsp3) is 0.182. The first-order valence-electron chi connectivity index (χ1n) is 5.03. The SMILES string of the molecule is Cc1nn(C)cc1Nc1cccnc1C(=O)O. The highest BCUT2D eigenvalue weighted by molar-refractivity contribution is 5.92. The molecule has 0 radical (unpaired) electrons. The number of carboxylic acid groups (broad SMARTS) is 1. The summed E-state index contributed by atoms with van der Waals surface area (Å²) >= 11 is 0. The lowest BCUT2D eigenvalue weighted by molar-refractivity contribution is 0.0691. The van der Waals surface area contributed by atoms with E-state index in [0.717, 1.165) is 11.4 Å². The van der Waals surface area contributed by atoms with Gasteiger partial charge in [-0.25, -0.2) is 9.78 Å². The molecule has 17 heavy (non-hydrogen) atoms. The molecule has 0 aliphatic heterocycles. The second kappa shape index (κ2) is 4.25. The molecule has 2 rings (SSSR count). The molecule has 0 saturated heterocycles. The number of rotatable bonds is 3. The molecular formula is C11H12N4O2. The lowest BCUT2D eigenvalue weighted by Gasteiger charge is -2.06. The molecule has 6 nitrogen and oxygen atoms in total. The Balaban J connectivity index is 2.36. The Morgan fingerprint density at radius 3 is 2.82 bits per heavy atom. The molecule has 2 aromatic heterocycles. The molecule has 0 amide bonds. The molecule has 0 bridgehead atoms. The second-order valence-electron chi connectivity index (χ2n) is 3.63. The molecule has 0 atom stereocenters. The van der Waals surface area contributed by atoms with Crippen molar-refractivity contribution < 1.29 is 9.90 Å². The zero-order valence-electron chi connectivity index (χ0n) is 9.51. The summed E-state index contributed by atoms with van der Waals surface area (Å²) in [7, 11) is 1.81. The van der Waals surface area contributed by atoms with Crippen molar-refractivity contribution in [2.24, 2.45) is 7.05 Å². The number of nitrogens with zero attached hydrogens (tertiary/aromatic N) is 3. The number of carbonyl (C=O) groups is 1. The summed E-state index contributed by atoms with van der Waals surface area (Å²) in [6, 6.07) is 3.35. The standard InChI is InChI=1S/C11H12N4O2/c1-7-9(6-15(2)14-7)13-8-4-3-5-12-10(8)11(16)17/h3-6,13H,1-2H3,(H,16,17). The molecule has 2 N–H and O–H groups in total. The molecular weight excluding hydrogens is 220 g/mol. The van der Waals surface area contributed by atoms with Crippen LogP contribution in [0.4, 0.5) is 11.4 Å². The Kier molecular flexibility index (Phi) is 2.78. The normalized spacial score (nSPS) is 10.2. The molecule has 0 aliphatic carbocycles. The summed E-state index contributed by atoms with van der Waals surface area (Å²) in [6.45, 7) is 1.85. The van der Waals surface area contributed by atoms with E-state index in [0.29, 0.717) is 5.69 Å². The first-order chi connectivity index (χ1) is 8.08. The van der Waals surface area contributed by atoms with Gasteiger partial charge in [-0.05, 0) is 19.1 Å². The van der Waals surface area contributed by atoms with E-state index in [1.807, 2.05) is 6.92 Å². The molecule has 88 valence electrons. The third kappa shape index (κ3) is 2.25. The van der Waals surface area contributed by atoms with Gasteiger partial charge in [0.15, 0.2) is 5.69 Å². The Labute approximate surface area is 97.9 Å². The summed E-state index contributed by atoms with van der Waals surface area (Å²) in [4.78, 5) is 14.8. The van der Waals surface area contributed by atoms with Gasteiger partial charge >= 0.3 is 5.97 Å². The minimum Gasteiger partial charge on any atom is -0.476 e. The van der Waals surface area contributed by atoms with Crippen LogP contribution < -0.4 is 5.32 Å². The predicted octanol–water partition coefficient (Wildman–Crippen LogP) is 1.57. The molecule has 0 fully saturated rings. The Morgan fingerprint density at radius 1 is 1.47 bits per heavy atom. The average Bonchev–Trinajstić information content (AvgIpc) is 2.58. The number of pyridine rings is 1. The van der Waals surface area contributed by atoms with Crippen LogP contribution in [0.15, 0.2) is 24.5 Å². The van der Waals surface area contributed by atoms with Crippen LogP contribution in [0.1, 0.15) is 16.2 Å². The van der Waals surface area contributed by atoms with Crippen LogP contribution in [0.25, 0.3) is 0 Å². The molecule has 0 unspecified atom stereocenters. The van der Waals surface area contributed by atoms with Gasteiger partial charge in [-0.3, -0.25) is 4.68 Å². The zero-order valence-corrected chi connectivity index (χ0v) is 9.51. The quantitative estimate of drug-likeness (QED) is 0.839. The molecule has 0 spiro atoms. The van der Waals surface area contributed by atoms with E-state index in [1.54, 1.807) is 30.1 Å². The third-order valence-corrected chi connectivity index (χ3v) is 2.29. The molecule has 2 heterocycles. The van der Waals surface area contributed by atoms with Crippen LogP contribution in [0.5, 0.6) is 0 Å². The minimum atomic E-state index is -1.06. The number of carboxylic acids is 1. The van der Waals surface area contributed by atoms with Gasteiger partial charge in [-0.15, -0.1) is 0 Å². The van der Waals surface area contributed by atoms with Crippen LogP contribution in [-0.4, -0.2) is 25.8 Å². The Morgan fingerprint density at radius 2 is 2.24 bits per heavy atom. The summed E-state index contributed by atoms with van der Waals surface area (Å²) in [5.74, 6) is -1.06. The Hall–Kier alpha value is -2.37. The Bertz CT molecular complexity index is 562. The largest absolute Gasteiger partial charge is 0.476 e. The second-order valence-corrected chi connectivity index (χ2v) is 3.63. The summed E-state index contributed by atoms with van der Waals surface area (Å²) in [6.07, 6.45) is 3.23. The highest BCUT2D eigenvalue weighted by Gasteiger charge is 2.12. The van der Waals surface area contributed by atoms with Gasteiger partial charge in [0.1, 0.15) is 0 Å². The smallest absolute Gasteiger partial charge is 0.356 e. The van der Waals surface area contributed by atoms with Gasteiger partial charge < -0.3 is 10.4 Å². The molecule has 0 aliphatic rings. The van der Waals surface area contributed by atoms with Gasteiger partial charge in [0, 0.05) is 19.4 Å². The number of nitrogens with one attached hydrogen (secondary N) is 1. The number of hydrogen-bond acceptors (Lipinski definition) is 4. The van der Waals surface area contributed by atoms with E-state index in [4.69, 9.17) is 5.11 Å². The van der Waals surface area contributed by atoms with Gasteiger partial charge in [0.05, 0.1) is 17.1 Å². The fourth-order valence-corrected chi connectivity index (χ4v) is 1.54. The lowest BCUT2D eigenvalue weighted by atomic mass is 10.2. The van der Waals surface area contributed by atoms with Crippen molar-refractivity contribution >= 4 is 17.3 Å². The van der Waals surface area contributed by atoms with E-state index in [2.05, 4.69) is 15.4 Å². The summed E-state index contributed by atoms with van der Waals surface area (Å²) < 4.78 is 1.66. The van der Waals surface area contributed by atoms with Gasteiger partial charge in [-0.2, -0.15) is 5.10 Å². The summed E-state index contributed by atoms with van der Waals surface area (Å²) in [5.41, 5.74) is 2.02. The maximum Gasteiger partial charge on any atom is 0.356 e. The van der Waals surface area contributed by atoms with Crippen LogP contribution in [0, 0.1) is 6.92 Å². The van der Waals surface area contributed by atoms with Crippen molar-refractivity contribution in [2.75, 3.05) is 5.32 Å². The van der Waals surface area contributed by atoms with Crippen molar-refractivity contribution in [1.82, 2.24) is 14.8 Å². The first-order valence-corrected chi connectivity index (χ1v) is 5.03. The summed E-state index contributed by atoms with van der Waals surface area (Å²) in [5, 5.41) is 16.2. The van der Waals surface area contributed by atoms with Gasteiger partial charge in [-0.1, -0.05) is 0 Å². The number of aromatic carboxylic acids is 1. The number of aromatic nitrogens is 3. The van der Waals surface area contributed by atoms with Crippen molar-refractivity contribution in [3.05, 3.63) is 35.9 Å². The minimum absolute atomic E-state index is 0.00393. The number of hydrogen-bond donors (Lipinski definition) is 2. The van der Waals surface area contributed by atoms with Crippen molar-refractivity contribution in [3.63, 3.8) is 0 Å². The fourth-order valence-electron chi connectivity index (χ4n) is 1.54. The van der Waals surface area contributed by atoms with E-state index in [1.165, 1.54) is 6.20 Å². The van der Waals surface area contributed by atoms with Crippen LogP contribution in [0.3, 0.4) is 0 Å². The molecule has 6 heteroatoms. The van der Waals surface area contributed by atoms with Crippen LogP contribution >= 0.6 is 0 Å². The number of anilines is 2. The van der Waals surface area contributed by atoms with Crippen LogP contribution in [0.2, 0.25) is 0 Å². The molecule has 0 aromatic carbocycles. The topological polar surface area (TPSA) is 80.0 Å². The van der Waals surface area contributed by atoms with Crippen LogP contribution in [-0.2, 0) is 7.05 Å². The number of aryl methyl sites for hydroxylation is 2.